The van der Waals surface area contributed by atoms with E-state index >= 15 is 0 Å². The molecule has 0 amide bonds. The second kappa shape index (κ2) is 5.37. The Morgan fingerprint density at radius 3 is 2.70 bits per heavy atom. The van der Waals surface area contributed by atoms with Crippen molar-refractivity contribution in [3.8, 4) is 0 Å². The number of pyridine rings is 1. The second-order valence-electron chi connectivity index (χ2n) is 5.85. The molecule has 4 heteroatoms. The first-order chi connectivity index (χ1) is 9.65. The summed E-state index contributed by atoms with van der Waals surface area (Å²) < 4.78 is 1.60. The molecular formula is C16H21N3O. The van der Waals surface area contributed by atoms with Gasteiger partial charge in [0.05, 0.1) is 5.69 Å². The summed E-state index contributed by atoms with van der Waals surface area (Å²) in [6.07, 6.45) is 3.96. The molecule has 0 saturated carbocycles. The van der Waals surface area contributed by atoms with Gasteiger partial charge >= 0.3 is 0 Å². The lowest BCUT2D eigenvalue weighted by Crippen LogP contribution is -2.38. The molecule has 0 N–H and O–H groups in total. The van der Waals surface area contributed by atoms with Gasteiger partial charge in [0.15, 0.2) is 0 Å². The van der Waals surface area contributed by atoms with E-state index in [0.29, 0.717) is 12.0 Å². The van der Waals surface area contributed by atoms with Gasteiger partial charge in [-0.25, -0.2) is 4.98 Å². The molecule has 3 rings (SSSR count). The van der Waals surface area contributed by atoms with Crippen molar-refractivity contribution in [2.24, 2.45) is 0 Å². The zero-order chi connectivity index (χ0) is 14.1. The van der Waals surface area contributed by atoms with Crippen LogP contribution in [0.5, 0.6) is 0 Å². The summed E-state index contributed by atoms with van der Waals surface area (Å²) in [5.41, 5.74) is 1.74. The lowest BCUT2D eigenvalue weighted by Gasteiger charge is -2.34. The largest absolute Gasteiger partial charge is 0.301 e. The minimum Gasteiger partial charge on any atom is -0.301 e. The Kier molecular flexibility index (Phi) is 3.57. The number of nitrogens with zero attached hydrogens (tertiary/aromatic N) is 3. The number of hydrogen-bond donors (Lipinski definition) is 0. The van der Waals surface area contributed by atoms with Crippen molar-refractivity contribution in [2.75, 3.05) is 13.1 Å². The zero-order valence-corrected chi connectivity index (χ0v) is 12.1. The number of hydrogen-bond acceptors (Lipinski definition) is 3. The molecule has 2 aromatic rings. The van der Waals surface area contributed by atoms with Crippen LogP contribution in [-0.4, -0.2) is 33.4 Å². The summed E-state index contributed by atoms with van der Waals surface area (Å²) in [4.78, 5) is 19.3. The Bertz CT molecular complexity index is 654. The maximum absolute atomic E-state index is 12.1. The van der Waals surface area contributed by atoms with E-state index in [1.165, 1.54) is 0 Å². The molecule has 2 aromatic heterocycles. The molecule has 0 atom stereocenters. The van der Waals surface area contributed by atoms with E-state index < -0.39 is 0 Å². The van der Waals surface area contributed by atoms with Crippen molar-refractivity contribution >= 4 is 5.65 Å². The third-order valence-electron chi connectivity index (χ3n) is 4.27. The van der Waals surface area contributed by atoms with E-state index in [-0.39, 0.29) is 5.56 Å². The van der Waals surface area contributed by atoms with Gasteiger partial charge in [-0.15, -0.1) is 0 Å². The van der Waals surface area contributed by atoms with Crippen molar-refractivity contribution in [2.45, 2.75) is 38.6 Å². The lowest BCUT2D eigenvalue weighted by molar-refractivity contribution is 0.171. The quantitative estimate of drug-likeness (QED) is 0.841. The van der Waals surface area contributed by atoms with Crippen LogP contribution >= 0.6 is 0 Å². The molecule has 0 unspecified atom stereocenters. The van der Waals surface area contributed by atoms with E-state index in [4.69, 9.17) is 0 Å². The van der Waals surface area contributed by atoms with E-state index in [1.807, 2.05) is 18.2 Å². The molecule has 4 nitrogen and oxygen atoms in total. The van der Waals surface area contributed by atoms with Gasteiger partial charge in [-0.1, -0.05) is 6.07 Å². The summed E-state index contributed by atoms with van der Waals surface area (Å²) in [6.45, 7) is 6.67. The highest BCUT2D eigenvalue weighted by atomic mass is 16.1. The molecule has 106 valence electrons. The third kappa shape index (κ3) is 2.48. The van der Waals surface area contributed by atoms with Crippen LogP contribution in [0.4, 0.5) is 0 Å². The normalized spacial score (nSPS) is 17.9. The number of rotatable bonds is 2. The Hall–Kier alpha value is -1.68. The van der Waals surface area contributed by atoms with Crippen molar-refractivity contribution in [1.82, 2.24) is 14.3 Å². The van der Waals surface area contributed by atoms with Gasteiger partial charge in [0.1, 0.15) is 5.65 Å². The van der Waals surface area contributed by atoms with E-state index in [0.717, 1.165) is 37.3 Å². The first-order valence-corrected chi connectivity index (χ1v) is 7.37. The minimum atomic E-state index is 0.0249. The zero-order valence-electron chi connectivity index (χ0n) is 12.1. The highest BCUT2D eigenvalue weighted by Gasteiger charge is 2.23. The van der Waals surface area contributed by atoms with Gasteiger partial charge < -0.3 is 4.90 Å². The molecule has 0 aromatic carbocycles. The third-order valence-corrected chi connectivity index (χ3v) is 4.27. The fraction of sp³-hybridized carbons (Fsp3) is 0.500. The van der Waals surface area contributed by atoms with E-state index in [2.05, 4.69) is 23.7 Å². The summed E-state index contributed by atoms with van der Waals surface area (Å²) in [5.74, 6) is 0.419. The second-order valence-corrected chi connectivity index (χ2v) is 5.85. The fourth-order valence-electron chi connectivity index (χ4n) is 2.99. The monoisotopic (exact) mass is 271 g/mol. The number of aromatic nitrogens is 2. The number of fused-ring (bicyclic) bond motifs is 1. The predicted octanol–water partition coefficient (Wildman–Crippen LogP) is 2.28. The van der Waals surface area contributed by atoms with Crippen LogP contribution in [0.2, 0.25) is 0 Å². The Morgan fingerprint density at radius 1 is 1.25 bits per heavy atom. The molecule has 1 aliphatic rings. The van der Waals surface area contributed by atoms with Crippen molar-refractivity contribution in [1.29, 1.82) is 0 Å². The van der Waals surface area contributed by atoms with Crippen LogP contribution in [-0.2, 0) is 0 Å². The number of piperidine rings is 1. The van der Waals surface area contributed by atoms with Crippen molar-refractivity contribution in [3.63, 3.8) is 0 Å². The first-order valence-electron chi connectivity index (χ1n) is 7.37. The summed E-state index contributed by atoms with van der Waals surface area (Å²) in [6, 6.07) is 7.99. The maximum Gasteiger partial charge on any atom is 0.258 e. The molecule has 0 radical (unpaired) electrons. The SMILES string of the molecule is CC(C)N1CCC(c2cc(=O)n3ccccc3n2)CC1. The molecular weight excluding hydrogens is 250 g/mol. The van der Waals surface area contributed by atoms with Crippen LogP contribution in [0.25, 0.3) is 5.65 Å². The Morgan fingerprint density at radius 2 is 2.00 bits per heavy atom. The first kappa shape index (κ1) is 13.3. The van der Waals surface area contributed by atoms with Crippen LogP contribution in [0.3, 0.4) is 0 Å². The summed E-state index contributed by atoms with van der Waals surface area (Å²) >= 11 is 0. The minimum absolute atomic E-state index is 0.0249. The topological polar surface area (TPSA) is 37.6 Å². The molecule has 1 aliphatic heterocycles. The van der Waals surface area contributed by atoms with E-state index in [1.54, 1.807) is 16.7 Å². The van der Waals surface area contributed by atoms with Crippen molar-refractivity contribution in [3.05, 3.63) is 46.5 Å². The van der Waals surface area contributed by atoms with E-state index in [9.17, 15) is 4.79 Å². The molecule has 3 heterocycles. The van der Waals surface area contributed by atoms with Gasteiger partial charge in [0, 0.05) is 24.2 Å². The van der Waals surface area contributed by atoms with Crippen LogP contribution < -0.4 is 5.56 Å². The van der Waals surface area contributed by atoms with Gasteiger partial charge in [-0.05, 0) is 51.9 Å². The smallest absolute Gasteiger partial charge is 0.258 e. The average molecular weight is 271 g/mol. The average Bonchev–Trinajstić information content (AvgIpc) is 2.47. The molecule has 1 fully saturated rings. The highest BCUT2D eigenvalue weighted by Crippen LogP contribution is 2.27. The molecule has 0 spiro atoms. The van der Waals surface area contributed by atoms with Gasteiger partial charge in [0.2, 0.25) is 0 Å². The molecule has 0 bridgehead atoms. The Balaban J connectivity index is 1.87. The molecule has 0 aliphatic carbocycles. The van der Waals surface area contributed by atoms with Crippen LogP contribution in [0, 0.1) is 0 Å². The number of likely N-dealkylation sites (tertiary alicyclic amines) is 1. The van der Waals surface area contributed by atoms with Crippen molar-refractivity contribution < 1.29 is 0 Å². The lowest BCUT2D eigenvalue weighted by atomic mass is 9.92. The highest BCUT2D eigenvalue weighted by molar-refractivity contribution is 5.38. The predicted molar refractivity (Wildman–Crippen MR) is 80.1 cm³/mol. The maximum atomic E-state index is 12.1. The Labute approximate surface area is 119 Å². The van der Waals surface area contributed by atoms with Gasteiger partial charge in [-0.3, -0.25) is 9.20 Å². The van der Waals surface area contributed by atoms with Gasteiger partial charge in [0.25, 0.3) is 5.56 Å². The summed E-state index contributed by atoms with van der Waals surface area (Å²) in [7, 11) is 0. The molecule has 20 heavy (non-hydrogen) atoms. The molecule has 1 saturated heterocycles. The fourth-order valence-corrected chi connectivity index (χ4v) is 2.99. The van der Waals surface area contributed by atoms with Crippen LogP contribution in [0.15, 0.2) is 35.3 Å². The van der Waals surface area contributed by atoms with Gasteiger partial charge in [-0.2, -0.15) is 0 Å². The van der Waals surface area contributed by atoms with Crippen LogP contribution in [0.1, 0.15) is 38.3 Å². The standard InChI is InChI=1S/C16H21N3O/c1-12(2)18-9-6-13(7-10-18)14-11-16(20)19-8-4-3-5-15(19)17-14/h3-5,8,11-13H,6-7,9-10H2,1-2H3. The summed E-state index contributed by atoms with van der Waals surface area (Å²) in [5, 5.41) is 0.